The number of amides is 1. The van der Waals surface area contributed by atoms with Crippen LogP contribution >= 0.6 is 0 Å². The predicted molar refractivity (Wildman–Crippen MR) is 132 cm³/mol. The van der Waals surface area contributed by atoms with Gasteiger partial charge in [-0.25, -0.2) is 5.01 Å². The highest BCUT2D eigenvalue weighted by Gasteiger charge is 2.33. The molecule has 1 amide bonds. The molecule has 1 aliphatic heterocycles. The zero-order valence-electron chi connectivity index (χ0n) is 17.8. The van der Waals surface area contributed by atoms with Gasteiger partial charge in [-0.3, -0.25) is 4.79 Å². The molecule has 0 radical (unpaired) electrons. The minimum absolute atomic E-state index is 0.0391. The molecule has 0 saturated carbocycles. The van der Waals surface area contributed by atoms with Gasteiger partial charge in [-0.05, 0) is 55.6 Å². The van der Waals surface area contributed by atoms with Crippen molar-refractivity contribution in [2.75, 3.05) is 0 Å². The van der Waals surface area contributed by atoms with E-state index in [1.54, 1.807) is 11.9 Å². The molecule has 0 N–H and O–H groups in total. The second kappa shape index (κ2) is 7.31. The average molecular weight is 415 g/mol. The van der Waals surface area contributed by atoms with E-state index in [0.29, 0.717) is 6.42 Å². The fourth-order valence-electron chi connectivity index (χ4n) is 4.98. The summed E-state index contributed by atoms with van der Waals surface area (Å²) in [5, 5.41) is 13.6. The Morgan fingerprint density at radius 1 is 0.750 bits per heavy atom. The molecule has 1 atom stereocenters. The Hall–Kier alpha value is -3.98. The molecule has 32 heavy (non-hydrogen) atoms. The summed E-state index contributed by atoms with van der Waals surface area (Å²) in [6.07, 6.45) is 0.690. The topological polar surface area (TPSA) is 32.7 Å². The molecule has 3 heteroatoms. The van der Waals surface area contributed by atoms with E-state index in [-0.39, 0.29) is 11.9 Å². The van der Waals surface area contributed by atoms with Crippen LogP contribution in [0.3, 0.4) is 0 Å². The summed E-state index contributed by atoms with van der Waals surface area (Å²) in [7, 11) is 0. The Morgan fingerprint density at radius 2 is 1.34 bits per heavy atom. The molecule has 0 aromatic heterocycles. The van der Waals surface area contributed by atoms with Crippen molar-refractivity contribution >= 4 is 43.9 Å². The van der Waals surface area contributed by atoms with E-state index in [4.69, 9.17) is 5.10 Å². The summed E-state index contributed by atoms with van der Waals surface area (Å²) in [6, 6.07) is 33.7. The molecule has 0 aliphatic carbocycles. The number of carbonyl (C=O) groups excluding carboxylic acids is 1. The summed E-state index contributed by atoms with van der Waals surface area (Å²) < 4.78 is 0. The first-order chi connectivity index (χ1) is 15.7. The van der Waals surface area contributed by atoms with Crippen LogP contribution < -0.4 is 0 Å². The number of hydrazone groups is 1. The highest BCUT2D eigenvalue weighted by molar-refractivity contribution is 6.08. The van der Waals surface area contributed by atoms with Gasteiger partial charge in [0, 0.05) is 13.3 Å². The van der Waals surface area contributed by atoms with Crippen LogP contribution in [-0.2, 0) is 4.79 Å². The van der Waals surface area contributed by atoms with Crippen molar-refractivity contribution in [2.24, 2.45) is 5.10 Å². The highest BCUT2D eigenvalue weighted by Crippen LogP contribution is 2.41. The fraction of sp³-hybridized carbons (Fsp3) is 0.103. The lowest BCUT2D eigenvalue weighted by Gasteiger charge is -2.24. The molecule has 0 bridgehead atoms. The van der Waals surface area contributed by atoms with Crippen molar-refractivity contribution in [3.63, 3.8) is 0 Å². The maximum atomic E-state index is 12.7. The van der Waals surface area contributed by atoms with Crippen molar-refractivity contribution in [3.05, 3.63) is 108 Å². The van der Waals surface area contributed by atoms with E-state index < -0.39 is 0 Å². The van der Waals surface area contributed by atoms with E-state index in [1.807, 2.05) is 6.07 Å². The Kier molecular flexibility index (Phi) is 4.29. The normalized spacial score (nSPS) is 16.1. The first kappa shape index (κ1) is 18.8. The van der Waals surface area contributed by atoms with E-state index in [9.17, 15) is 4.79 Å². The van der Waals surface area contributed by atoms with Crippen molar-refractivity contribution < 1.29 is 4.79 Å². The van der Waals surface area contributed by atoms with Crippen LogP contribution in [0.15, 0.2) is 102 Å². The zero-order chi connectivity index (χ0) is 21.7. The van der Waals surface area contributed by atoms with E-state index >= 15 is 0 Å². The first-order valence-electron chi connectivity index (χ1n) is 11.0. The largest absolute Gasteiger partial charge is 0.273 e. The van der Waals surface area contributed by atoms with Crippen molar-refractivity contribution in [3.8, 4) is 0 Å². The minimum Gasteiger partial charge on any atom is -0.273 e. The van der Waals surface area contributed by atoms with Gasteiger partial charge in [0.05, 0.1) is 11.8 Å². The molecular formula is C29H22N2O. The number of hydrogen-bond donors (Lipinski definition) is 0. The summed E-state index contributed by atoms with van der Waals surface area (Å²) in [5.74, 6) is -0.0391. The molecule has 0 saturated heterocycles. The Labute approximate surface area is 186 Å². The third-order valence-corrected chi connectivity index (χ3v) is 6.46. The molecule has 154 valence electrons. The van der Waals surface area contributed by atoms with Gasteiger partial charge >= 0.3 is 0 Å². The molecule has 1 unspecified atom stereocenters. The Balaban J connectivity index is 1.53. The summed E-state index contributed by atoms with van der Waals surface area (Å²) in [4.78, 5) is 12.7. The Morgan fingerprint density at radius 3 is 2.00 bits per heavy atom. The molecule has 1 aliphatic rings. The van der Waals surface area contributed by atoms with E-state index in [0.717, 1.165) is 11.3 Å². The molecule has 5 aromatic rings. The van der Waals surface area contributed by atoms with Gasteiger partial charge in [0.25, 0.3) is 0 Å². The molecule has 1 heterocycles. The van der Waals surface area contributed by atoms with Gasteiger partial charge in [-0.15, -0.1) is 0 Å². The van der Waals surface area contributed by atoms with Crippen molar-refractivity contribution in [1.82, 2.24) is 5.01 Å². The molecule has 5 aromatic carbocycles. The first-order valence-corrected chi connectivity index (χ1v) is 11.0. The lowest BCUT2D eigenvalue weighted by Crippen LogP contribution is -2.24. The number of rotatable bonds is 2. The third-order valence-electron chi connectivity index (χ3n) is 6.46. The second-order valence-electron chi connectivity index (χ2n) is 8.42. The summed E-state index contributed by atoms with van der Waals surface area (Å²) in [5.41, 5.74) is 3.20. The number of nitrogens with zero attached hydrogens (tertiary/aromatic N) is 2. The van der Waals surface area contributed by atoms with Crippen LogP contribution in [0.25, 0.3) is 32.3 Å². The van der Waals surface area contributed by atoms with Gasteiger partial charge in [0.1, 0.15) is 0 Å². The van der Waals surface area contributed by atoms with Crippen molar-refractivity contribution in [1.29, 1.82) is 0 Å². The van der Waals surface area contributed by atoms with Crippen LogP contribution in [0.4, 0.5) is 0 Å². The Bertz CT molecular complexity index is 1500. The zero-order valence-corrected chi connectivity index (χ0v) is 17.8. The van der Waals surface area contributed by atoms with Crippen LogP contribution in [0.2, 0.25) is 0 Å². The SMILES string of the molecule is CC(=O)N1N=C(c2ccc3ccccc3c2)CC1c1c2ccccc2cc2ccccc12. The van der Waals surface area contributed by atoms with Gasteiger partial charge in [-0.1, -0.05) is 84.9 Å². The summed E-state index contributed by atoms with van der Waals surface area (Å²) >= 11 is 0. The molecule has 0 fully saturated rings. The molecule has 0 spiro atoms. The highest BCUT2D eigenvalue weighted by atomic mass is 16.2. The number of benzene rings is 5. The van der Waals surface area contributed by atoms with E-state index in [1.165, 1.54) is 37.9 Å². The monoisotopic (exact) mass is 414 g/mol. The lowest BCUT2D eigenvalue weighted by atomic mass is 9.89. The van der Waals surface area contributed by atoms with Crippen molar-refractivity contribution in [2.45, 2.75) is 19.4 Å². The van der Waals surface area contributed by atoms with Gasteiger partial charge in [0.2, 0.25) is 5.91 Å². The number of carbonyl (C=O) groups is 1. The number of fused-ring (bicyclic) bond motifs is 3. The van der Waals surface area contributed by atoms with Gasteiger partial charge in [-0.2, -0.15) is 5.10 Å². The maximum absolute atomic E-state index is 12.7. The third kappa shape index (κ3) is 2.97. The predicted octanol–water partition coefficient (Wildman–Crippen LogP) is 6.84. The summed E-state index contributed by atoms with van der Waals surface area (Å²) in [6.45, 7) is 1.60. The molecule has 6 rings (SSSR count). The number of hydrogen-bond acceptors (Lipinski definition) is 2. The standard InChI is InChI=1S/C29H22N2O/c1-19(32)31-28(18-27(30-31)24-15-14-20-8-2-3-9-21(20)16-24)29-25-12-6-4-10-22(25)17-23-11-5-7-13-26(23)29/h2-17,28H,18H2,1H3. The quantitative estimate of drug-likeness (QED) is 0.291. The van der Waals surface area contributed by atoms with E-state index in [2.05, 4.69) is 91.0 Å². The van der Waals surface area contributed by atoms with Gasteiger partial charge in [0.15, 0.2) is 0 Å². The van der Waals surface area contributed by atoms with Crippen LogP contribution in [0, 0.1) is 0 Å². The molecule has 3 nitrogen and oxygen atoms in total. The van der Waals surface area contributed by atoms with Crippen LogP contribution in [0.1, 0.15) is 30.5 Å². The lowest BCUT2D eigenvalue weighted by molar-refractivity contribution is -0.130. The smallest absolute Gasteiger partial charge is 0.240 e. The van der Waals surface area contributed by atoms with Crippen LogP contribution in [0.5, 0.6) is 0 Å². The second-order valence-corrected chi connectivity index (χ2v) is 8.42. The maximum Gasteiger partial charge on any atom is 0.240 e. The average Bonchev–Trinajstić information content (AvgIpc) is 3.27. The van der Waals surface area contributed by atoms with Gasteiger partial charge < -0.3 is 0 Å². The minimum atomic E-state index is -0.134. The molecular weight excluding hydrogens is 392 g/mol. The van der Waals surface area contributed by atoms with Crippen LogP contribution in [-0.4, -0.2) is 16.6 Å². The fourth-order valence-corrected chi connectivity index (χ4v) is 4.98.